The summed E-state index contributed by atoms with van der Waals surface area (Å²) >= 11 is 0. The summed E-state index contributed by atoms with van der Waals surface area (Å²) in [6.45, 7) is 27.0. The maximum Gasteiger partial charge on any atom is 0.213 e. The van der Waals surface area contributed by atoms with Crippen molar-refractivity contribution in [1.29, 1.82) is 0 Å². The van der Waals surface area contributed by atoms with Crippen molar-refractivity contribution in [1.82, 2.24) is 19.9 Å². The number of rotatable bonds is 9. The molecule has 4 aliphatic rings. The monoisotopic (exact) mass is 900 g/mol. The van der Waals surface area contributed by atoms with Gasteiger partial charge in [-0.2, -0.15) is 0 Å². The summed E-state index contributed by atoms with van der Waals surface area (Å²) < 4.78 is 5.31. The Bertz CT molecular complexity index is 2040. The molecule has 0 aliphatic heterocycles. The van der Waals surface area contributed by atoms with Crippen LogP contribution in [-0.4, -0.2) is 40.1 Å². The first-order valence-corrected chi connectivity index (χ1v) is 26.2. The molecule has 4 fully saturated rings. The average molecular weight is 900 g/mol. The second kappa shape index (κ2) is 24.0. The summed E-state index contributed by atoms with van der Waals surface area (Å²) in [4.78, 5) is 20.4. The minimum atomic E-state index is 0.157. The van der Waals surface area contributed by atoms with Crippen LogP contribution in [0.2, 0.25) is 0 Å². The SMILES string of the molecule is CC(C)(C)c1ccnc(CC2CCCC2)c1.CC(C)(C)c1ccnc(CC2CCCCC2)c1.CN(c1cc(C(C)(C)C)ccn1)C1CCC1.COc1cc(C(C)(C)C)cc(CC2CCC2)n1. The number of aromatic nitrogens is 4. The third-order valence-corrected chi connectivity index (χ3v) is 14.8. The first kappa shape index (κ1) is 53.2. The van der Waals surface area contributed by atoms with Crippen molar-refractivity contribution in [2.75, 3.05) is 19.1 Å². The van der Waals surface area contributed by atoms with Crippen LogP contribution in [0.4, 0.5) is 5.82 Å². The second-order valence-electron chi connectivity index (χ2n) is 24.6. The molecule has 4 aliphatic carbocycles. The zero-order valence-corrected chi connectivity index (χ0v) is 44.5. The van der Waals surface area contributed by atoms with E-state index in [2.05, 4.69) is 163 Å². The summed E-state index contributed by atoms with van der Waals surface area (Å²) in [6.07, 6.45) is 30.2. The van der Waals surface area contributed by atoms with Crippen molar-refractivity contribution in [3.8, 4) is 5.88 Å². The number of anilines is 1. The van der Waals surface area contributed by atoms with Gasteiger partial charge in [-0.05, 0) is 143 Å². The van der Waals surface area contributed by atoms with Crippen molar-refractivity contribution in [2.24, 2.45) is 17.8 Å². The fourth-order valence-corrected chi connectivity index (χ4v) is 9.54. The lowest BCUT2D eigenvalue weighted by molar-refractivity contribution is 0.310. The zero-order chi connectivity index (χ0) is 48.1. The van der Waals surface area contributed by atoms with E-state index in [9.17, 15) is 0 Å². The molecule has 0 atom stereocenters. The minimum absolute atomic E-state index is 0.157. The van der Waals surface area contributed by atoms with Crippen LogP contribution in [0.15, 0.2) is 67.1 Å². The van der Waals surface area contributed by atoms with E-state index in [-0.39, 0.29) is 21.7 Å². The van der Waals surface area contributed by atoms with E-state index >= 15 is 0 Å². The van der Waals surface area contributed by atoms with Gasteiger partial charge in [-0.1, -0.05) is 160 Å². The van der Waals surface area contributed by atoms with Crippen LogP contribution in [-0.2, 0) is 40.9 Å². The highest BCUT2D eigenvalue weighted by Gasteiger charge is 2.25. The Morgan fingerprint density at radius 2 is 0.833 bits per heavy atom. The lowest BCUT2D eigenvalue weighted by atomic mass is 9.81. The fraction of sp³-hybridized carbons (Fsp3) is 0.667. The first-order valence-electron chi connectivity index (χ1n) is 26.2. The number of ether oxygens (including phenoxy) is 1. The highest BCUT2D eigenvalue weighted by atomic mass is 16.5. The molecule has 6 nitrogen and oxygen atoms in total. The molecule has 0 radical (unpaired) electrons. The Morgan fingerprint density at radius 3 is 1.23 bits per heavy atom. The number of nitrogens with zero attached hydrogens (tertiary/aromatic N) is 5. The molecular weight excluding hydrogens is 807 g/mol. The Labute approximate surface area is 404 Å². The van der Waals surface area contributed by atoms with Crippen LogP contribution in [0.5, 0.6) is 5.88 Å². The normalized spacial score (nSPS) is 17.5. The summed E-state index contributed by atoms with van der Waals surface area (Å²) in [7, 11) is 3.86. The standard InChI is InChI=1S/C16H25N.C15H23NO.C15H23N.C14H22N2/c1-16(2,3)14-9-10-17-15(12-14)11-13-7-5-4-6-8-13;1-15(2,3)12-9-13(8-11-6-5-7-11)16-14(10-12)17-4;1-15(2,3)13-8-9-16-14(11-13)10-12-6-4-5-7-12;1-14(2,3)11-8-9-15-13(10-11)16(4)12-6-5-7-12/h9-10,12-13H,4-8,11H2,1-3H3;9-11H,5-8H2,1-4H3;8-9,11-12H,4-7,10H2,1-3H3;8-10,12H,5-7H2,1-4H3. The molecule has 8 rings (SSSR count). The topological polar surface area (TPSA) is 64.0 Å². The predicted molar refractivity (Wildman–Crippen MR) is 281 cm³/mol. The lowest BCUT2D eigenvalue weighted by Gasteiger charge is -2.36. The minimum Gasteiger partial charge on any atom is -0.481 e. The van der Waals surface area contributed by atoms with Crippen LogP contribution in [0.3, 0.4) is 0 Å². The zero-order valence-electron chi connectivity index (χ0n) is 44.5. The molecule has 0 spiro atoms. The quantitative estimate of drug-likeness (QED) is 0.167. The molecule has 4 aromatic rings. The predicted octanol–water partition coefficient (Wildman–Crippen LogP) is 15.7. The fourth-order valence-electron chi connectivity index (χ4n) is 9.54. The highest BCUT2D eigenvalue weighted by molar-refractivity contribution is 5.43. The Morgan fingerprint density at radius 1 is 0.455 bits per heavy atom. The van der Waals surface area contributed by atoms with E-state index in [1.807, 2.05) is 18.6 Å². The van der Waals surface area contributed by atoms with E-state index in [4.69, 9.17) is 4.74 Å². The molecule has 0 bridgehead atoms. The van der Waals surface area contributed by atoms with Gasteiger partial charge in [-0.15, -0.1) is 0 Å². The Kier molecular flexibility index (Phi) is 19.3. The van der Waals surface area contributed by atoms with Crippen LogP contribution < -0.4 is 9.64 Å². The first-order chi connectivity index (χ1) is 31.1. The average Bonchev–Trinajstić information content (AvgIpc) is 3.75. The van der Waals surface area contributed by atoms with Crippen LogP contribution >= 0.6 is 0 Å². The van der Waals surface area contributed by atoms with E-state index in [0.717, 1.165) is 35.9 Å². The number of methoxy groups -OCH3 is 1. The van der Waals surface area contributed by atoms with E-state index in [0.29, 0.717) is 6.04 Å². The molecule has 4 saturated carbocycles. The smallest absolute Gasteiger partial charge is 0.213 e. The third-order valence-electron chi connectivity index (χ3n) is 14.8. The number of hydrogen-bond donors (Lipinski definition) is 0. The highest BCUT2D eigenvalue weighted by Crippen LogP contribution is 2.34. The van der Waals surface area contributed by atoms with Gasteiger partial charge in [-0.25, -0.2) is 9.97 Å². The van der Waals surface area contributed by atoms with Gasteiger partial charge >= 0.3 is 0 Å². The van der Waals surface area contributed by atoms with Gasteiger partial charge in [0.2, 0.25) is 5.88 Å². The maximum atomic E-state index is 5.31. The van der Waals surface area contributed by atoms with Gasteiger partial charge in [0.25, 0.3) is 0 Å². The molecule has 0 N–H and O–H groups in total. The lowest BCUT2D eigenvalue weighted by Crippen LogP contribution is -2.37. The van der Waals surface area contributed by atoms with Crippen molar-refractivity contribution >= 4 is 5.82 Å². The van der Waals surface area contributed by atoms with Crippen LogP contribution in [0.25, 0.3) is 0 Å². The summed E-state index contributed by atoms with van der Waals surface area (Å²) in [5, 5.41) is 0. The third kappa shape index (κ3) is 17.1. The maximum absolute atomic E-state index is 5.31. The molecule has 66 heavy (non-hydrogen) atoms. The molecule has 0 unspecified atom stereocenters. The Balaban J connectivity index is 0.000000165. The molecule has 0 aromatic carbocycles. The molecule has 364 valence electrons. The van der Waals surface area contributed by atoms with Gasteiger partial charge in [-0.3, -0.25) is 9.97 Å². The largest absolute Gasteiger partial charge is 0.481 e. The van der Waals surface area contributed by atoms with Crippen LogP contribution in [0, 0.1) is 17.8 Å². The Hall–Kier alpha value is -3.80. The molecule has 6 heteroatoms. The molecule has 4 heterocycles. The van der Waals surface area contributed by atoms with Crippen molar-refractivity contribution in [3.63, 3.8) is 0 Å². The summed E-state index contributed by atoms with van der Waals surface area (Å²) in [5.41, 5.74) is 10.1. The van der Waals surface area contributed by atoms with E-state index < -0.39 is 0 Å². The van der Waals surface area contributed by atoms with Crippen molar-refractivity contribution in [3.05, 3.63) is 106 Å². The second-order valence-corrected chi connectivity index (χ2v) is 24.6. The summed E-state index contributed by atoms with van der Waals surface area (Å²) in [5.74, 6) is 4.50. The van der Waals surface area contributed by atoms with Crippen molar-refractivity contribution < 1.29 is 4.74 Å². The summed E-state index contributed by atoms with van der Waals surface area (Å²) in [6, 6.07) is 18.3. The number of hydrogen-bond acceptors (Lipinski definition) is 6. The van der Waals surface area contributed by atoms with E-state index in [1.165, 1.54) is 148 Å². The van der Waals surface area contributed by atoms with Gasteiger partial charge in [0, 0.05) is 54.8 Å². The molecular formula is C60H93N5O. The van der Waals surface area contributed by atoms with Crippen molar-refractivity contribution in [2.45, 2.75) is 226 Å². The van der Waals surface area contributed by atoms with Gasteiger partial charge in [0.15, 0.2) is 0 Å². The van der Waals surface area contributed by atoms with Gasteiger partial charge in [0.05, 0.1) is 7.11 Å². The molecule has 0 saturated heterocycles. The van der Waals surface area contributed by atoms with Gasteiger partial charge in [0.1, 0.15) is 5.82 Å². The van der Waals surface area contributed by atoms with Crippen LogP contribution in [0.1, 0.15) is 219 Å². The van der Waals surface area contributed by atoms with E-state index in [1.54, 1.807) is 7.11 Å². The number of pyridine rings is 4. The molecule has 4 aromatic heterocycles. The van der Waals surface area contributed by atoms with Gasteiger partial charge < -0.3 is 9.64 Å². The molecule has 0 amide bonds.